The van der Waals surface area contributed by atoms with E-state index < -0.39 is 17.6 Å². The van der Waals surface area contributed by atoms with Crippen LogP contribution in [-0.2, 0) is 25.8 Å². The standard InChI is InChI=1S/C20H17F3N4O3/c21-20(22,23)14-5-3-13(4-6-14)12-26-7-8-27-17(19(26)29)10-16(25-27)18(28)24-11-15-2-1-9-30-15/h1-6,9-10H,7-8,11-12H2,(H,24,28). The summed E-state index contributed by atoms with van der Waals surface area (Å²) in [6, 6.07) is 9.55. The zero-order valence-electron chi connectivity index (χ0n) is 15.6. The van der Waals surface area contributed by atoms with Crippen LogP contribution in [0.4, 0.5) is 13.2 Å². The van der Waals surface area contributed by atoms with Crippen molar-refractivity contribution in [3.8, 4) is 0 Å². The summed E-state index contributed by atoms with van der Waals surface area (Å²) in [5, 5.41) is 6.85. The molecule has 3 aromatic rings. The average Bonchev–Trinajstić information content (AvgIpc) is 3.38. The van der Waals surface area contributed by atoms with Gasteiger partial charge in [0.2, 0.25) is 0 Å². The van der Waals surface area contributed by atoms with Crippen molar-refractivity contribution < 1.29 is 27.2 Å². The molecule has 7 nitrogen and oxygen atoms in total. The second-order valence-corrected chi connectivity index (χ2v) is 6.82. The Hall–Kier alpha value is -3.56. The summed E-state index contributed by atoms with van der Waals surface area (Å²) in [4.78, 5) is 26.6. The third-order valence-corrected chi connectivity index (χ3v) is 4.76. The fourth-order valence-corrected chi connectivity index (χ4v) is 3.19. The Morgan fingerprint density at radius 3 is 2.60 bits per heavy atom. The summed E-state index contributed by atoms with van der Waals surface area (Å²) in [5.74, 6) is -0.180. The van der Waals surface area contributed by atoms with Crippen LogP contribution < -0.4 is 5.32 Å². The zero-order chi connectivity index (χ0) is 21.3. The van der Waals surface area contributed by atoms with Gasteiger partial charge in [-0.05, 0) is 29.8 Å². The second-order valence-electron chi connectivity index (χ2n) is 6.82. The van der Waals surface area contributed by atoms with E-state index in [1.165, 1.54) is 34.0 Å². The summed E-state index contributed by atoms with van der Waals surface area (Å²) in [5.41, 5.74) is 0.220. The third-order valence-electron chi connectivity index (χ3n) is 4.76. The predicted octanol–water partition coefficient (Wildman–Crippen LogP) is 3.08. The fraction of sp³-hybridized carbons (Fsp3) is 0.250. The first kappa shape index (κ1) is 19.7. The Balaban J connectivity index is 1.42. The van der Waals surface area contributed by atoms with Crippen LogP contribution in [0.25, 0.3) is 0 Å². The van der Waals surface area contributed by atoms with E-state index in [9.17, 15) is 22.8 Å². The van der Waals surface area contributed by atoms with Crippen LogP contribution in [0.2, 0.25) is 0 Å². The number of alkyl halides is 3. The molecule has 1 aliphatic rings. The Morgan fingerprint density at radius 2 is 1.93 bits per heavy atom. The van der Waals surface area contributed by atoms with Gasteiger partial charge in [-0.1, -0.05) is 12.1 Å². The van der Waals surface area contributed by atoms with E-state index in [0.717, 1.165) is 12.1 Å². The quantitative estimate of drug-likeness (QED) is 0.691. The Morgan fingerprint density at radius 1 is 1.17 bits per heavy atom. The predicted molar refractivity (Wildman–Crippen MR) is 98.3 cm³/mol. The summed E-state index contributed by atoms with van der Waals surface area (Å²) in [7, 11) is 0. The summed E-state index contributed by atoms with van der Waals surface area (Å²) >= 11 is 0. The number of furan rings is 1. The molecule has 0 aliphatic carbocycles. The Bertz CT molecular complexity index is 1060. The molecule has 0 saturated carbocycles. The first-order valence-electron chi connectivity index (χ1n) is 9.15. The van der Waals surface area contributed by atoms with Crippen LogP contribution in [0.3, 0.4) is 0 Å². The normalized spacial score (nSPS) is 14.0. The molecule has 30 heavy (non-hydrogen) atoms. The molecule has 3 heterocycles. The smallest absolute Gasteiger partial charge is 0.416 e. The lowest BCUT2D eigenvalue weighted by Gasteiger charge is -2.27. The van der Waals surface area contributed by atoms with E-state index in [1.807, 2.05) is 0 Å². The minimum atomic E-state index is -4.40. The molecule has 0 fully saturated rings. The highest BCUT2D eigenvalue weighted by Crippen LogP contribution is 2.29. The molecule has 156 valence electrons. The number of amides is 2. The maximum absolute atomic E-state index is 12.8. The number of rotatable bonds is 5. The van der Waals surface area contributed by atoms with Gasteiger partial charge in [-0.15, -0.1) is 0 Å². The molecule has 0 unspecified atom stereocenters. The van der Waals surface area contributed by atoms with Crippen LogP contribution in [0.5, 0.6) is 0 Å². The van der Waals surface area contributed by atoms with Crippen LogP contribution >= 0.6 is 0 Å². The molecule has 10 heteroatoms. The minimum Gasteiger partial charge on any atom is -0.467 e. The summed E-state index contributed by atoms with van der Waals surface area (Å²) in [6.45, 7) is 1.08. The van der Waals surface area contributed by atoms with Crippen molar-refractivity contribution in [2.45, 2.75) is 25.8 Å². The minimum absolute atomic E-state index is 0.112. The molecule has 1 aliphatic heterocycles. The first-order chi connectivity index (χ1) is 14.3. The van der Waals surface area contributed by atoms with Gasteiger partial charge in [0.1, 0.15) is 11.5 Å². The van der Waals surface area contributed by atoms with Crippen LogP contribution in [0.15, 0.2) is 53.1 Å². The number of hydrogen-bond acceptors (Lipinski definition) is 4. The van der Waals surface area contributed by atoms with Gasteiger partial charge in [-0.2, -0.15) is 18.3 Å². The summed E-state index contributed by atoms with van der Waals surface area (Å²) in [6.07, 6.45) is -2.90. The number of carbonyl (C=O) groups excluding carboxylic acids is 2. The van der Waals surface area contributed by atoms with Crippen molar-refractivity contribution >= 4 is 11.8 Å². The molecule has 0 saturated heterocycles. The second kappa shape index (κ2) is 7.69. The number of aromatic nitrogens is 2. The molecule has 0 spiro atoms. The van der Waals surface area contributed by atoms with Crippen LogP contribution in [-0.4, -0.2) is 33.0 Å². The number of benzene rings is 1. The molecule has 2 amide bonds. The average molecular weight is 418 g/mol. The van der Waals surface area contributed by atoms with Gasteiger partial charge >= 0.3 is 6.18 Å². The molecule has 0 atom stereocenters. The number of hydrogen-bond donors (Lipinski definition) is 1. The SMILES string of the molecule is O=C(NCc1ccco1)c1cc2n(n1)CCN(Cc1ccc(C(F)(F)F)cc1)C2=O. The Kier molecular flexibility index (Phi) is 5.06. The number of halogens is 3. The topological polar surface area (TPSA) is 80.4 Å². The molecule has 0 radical (unpaired) electrons. The van der Waals surface area contributed by atoms with E-state index in [4.69, 9.17) is 4.42 Å². The lowest BCUT2D eigenvalue weighted by Crippen LogP contribution is -2.39. The van der Waals surface area contributed by atoms with E-state index in [1.54, 1.807) is 12.1 Å². The van der Waals surface area contributed by atoms with Crippen molar-refractivity contribution in [3.05, 3.63) is 77.0 Å². The van der Waals surface area contributed by atoms with Crippen molar-refractivity contribution in [3.63, 3.8) is 0 Å². The number of fused-ring (bicyclic) bond motifs is 1. The van der Waals surface area contributed by atoms with Crippen LogP contribution in [0.1, 0.15) is 37.9 Å². The maximum atomic E-state index is 12.8. The van der Waals surface area contributed by atoms with Gasteiger partial charge in [-0.3, -0.25) is 14.3 Å². The monoisotopic (exact) mass is 418 g/mol. The van der Waals surface area contributed by atoms with Gasteiger partial charge in [-0.25, -0.2) is 0 Å². The molecular weight excluding hydrogens is 401 g/mol. The largest absolute Gasteiger partial charge is 0.467 e. The molecule has 1 N–H and O–H groups in total. The number of nitrogens with zero attached hydrogens (tertiary/aromatic N) is 3. The number of carbonyl (C=O) groups is 2. The molecule has 2 aromatic heterocycles. The highest BCUT2D eigenvalue weighted by molar-refractivity contribution is 5.98. The van der Waals surface area contributed by atoms with Gasteiger partial charge < -0.3 is 14.6 Å². The third kappa shape index (κ3) is 4.07. The summed E-state index contributed by atoms with van der Waals surface area (Å²) < 4.78 is 44.7. The van der Waals surface area contributed by atoms with E-state index in [2.05, 4.69) is 10.4 Å². The number of nitrogens with one attached hydrogen (secondary N) is 1. The maximum Gasteiger partial charge on any atom is 0.416 e. The van der Waals surface area contributed by atoms with Crippen molar-refractivity contribution in [2.24, 2.45) is 0 Å². The molecule has 0 bridgehead atoms. The van der Waals surface area contributed by atoms with Gasteiger partial charge in [0.05, 0.1) is 24.9 Å². The van der Waals surface area contributed by atoms with Gasteiger partial charge in [0, 0.05) is 19.2 Å². The first-order valence-corrected chi connectivity index (χ1v) is 9.15. The molecule has 4 rings (SSSR count). The van der Waals surface area contributed by atoms with Gasteiger partial charge in [0.25, 0.3) is 11.8 Å². The zero-order valence-corrected chi connectivity index (χ0v) is 15.6. The lowest BCUT2D eigenvalue weighted by molar-refractivity contribution is -0.137. The molecular formula is C20H17F3N4O3. The van der Waals surface area contributed by atoms with E-state index in [0.29, 0.717) is 24.4 Å². The molecule has 1 aromatic carbocycles. The fourth-order valence-electron chi connectivity index (χ4n) is 3.19. The van der Waals surface area contributed by atoms with Crippen molar-refractivity contribution in [1.82, 2.24) is 20.0 Å². The van der Waals surface area contributed by atoms with E-state index in [-0.39, 0.29) is 30.4 Å². The Labute approximate surface area is 169 Å². The van der Waals surface area contributed by atoms with Crippen LogP contribution in [0, 0.1) is 0 Å². The van der Waals surface area contributed by atoms with Crippen molar-refractivity contribution in [2.75, 3.05) is 6.54 Å². The lowest BCUT2D eigenvalue weighted by atomic mass is 10.1. The van der Waals surface area contributed by atoms with Crippen molar-refractivity contribution in [1.29, 1.82) is 0 Å². The van der Waals surface area contributed by atoms with E-state index >= 15 is 0 Å². The highest BCUT2D eigenvalue weighted by atomic mass is 19.4. The van der Waals surface area contributed by atoms with Gasteiger partial charge in [0.15, 0.2) is 5.69 Å². The highest BCUT2D eigenvalue weighted by Gasteiger charge is 2.31.